The number of nitrogens with zero attached hydrogens (tertiary/aromatic N) is 4. The summed E-state index contributed by atoms with van der Waals surface area (Å²) in [4.78, 5) is 4.42. The maximum atomic E-state index is 13.8. The molecule has 0 aliphatic carbocycles. The molecular formula is C15H9F2N5. The van der Waals surface area contributed by atoms with E-state index in [0.717, 1.165) is 23.6 Å². The van der Waals surface area contributed by atoms with Crippen LogP contribution < -0.4 is 5.32 Å². The number of hydrogen-bond donors (Lipinski definition) is 1. The Kier molecular flexibility index (Phi) is 2.72. The van der Waals surface area contributed by atoms with Crippen molar-refractivity contribution in [3.63, 3.8) is 0 Å². The fraction of sp³-hybridized carbons (Fsp3) is 0. The van der Waals surface area contributed by atoms with Gasteiger partial charge in [-0.1, -0.05) is 12.1 Å². The van der Waals surface area contributed by atoms with E-state index in [-0.39, 0.29) is 5.69 Å². The largest absolute Gasteiger partial charge is 0.323 e. The fourth-order valence-corrected chi connectivity index (χ4v) is 2.30. The fourth-order valence-electron chi connectivity index (χ4n) is 2.30. The van der Waals surface area contributed by atoms with E-state index in [1.54, 1.807) is 4.40 Å². The first-order valence-corrected chi connectivity index (χ1v) is 6.53. The summed E-state index contributed by atoms with van der Waals surface area (Å²) in [5.41, 5.74) is 1.27. The Morgan fingerprint density at radius 1 is 1.05 bits per heavy atom. The predicted octanol–water partition coefficient (Wildman–Crippen LogP) is 3.30. The highest BCUT2D eigenvalue weighted by atomic mass is 19.1. The van der Waals surface area contributed by atoms with Crippen molar-refractivity contribution in [2.24, 2.45) is 0 Å². The molecule has 0 amide bonds. The van der Waals surface area contributed by atoms with E-state index in [4.69, 9.17) is 0 Å². The highest BCUT2D eigenvalue weighted by Crippen LogP contribution is 2.24. The number of benzene rings is 2. The summed E-state index contributed by atoms with van der Waals surface area (Å²) in [5, 5.41) is 11.5. The van der Waals surface area contributed by atoms with E-state index in [0.29, 0.717) is 17.1 Å². The molecule has 0 aliphatic heterocycles. The number of rotatable bonds is 2. The summed E-state index contributed by atoms with van der Waals surface area (Å²) >= 11 is 0. The first-order chi connectivity index (χ1) is 10.7. The molecule has 0 radical (unpaired) electrons. The minimum atomic E-state index is -0.572. The smallest absolute Gasteiger partial charge is 0.215 e. The summed E-state index contributed by atoms with van der Waals surface area (Å²) < 4.78 is 28.7. The number of hydrogen-bond acceptors (Lipinski definition) is 4. The normalized spacial score (nSPS) is 11.2. The third-order valence-electron chi connectivity index (χ3n) is 3.32. The summed E-state index contributed by atoms with van der Waals surface area (Å²) in [6.07, 6.45) is 1.47. The maximum absolute atomic E-state index is 13.8. The van der Waals surface area contributed by atoms with Crippen molar-refractivity contribution in [2.75, 3.05) is 5.32 Å². The zero-order valence-electron chi connectivity index (χ0n) is 11.2. The van der Waals surface area contributed by atoms with E-state index >= 15 is 0 Å². The molecule has 1 N–H and O–H groups in total. The molecule has 7 heteroatoms. The SMILES string of the molecule is Fc1ccc(F)c(Nc2nc3ccccc3c3nncn23)c1. The van der Waals surface area contributed by atoms with Gasteiger partial charge in [0.25, 0.3) is 0 Å². The van der Waals surface area contributed by atoms with Gasteiger partial charge in [-0.15, -0.1) is 10.2 Å². The van der Waals surface area contributed by atoms with Crippen LogP contribution in [0.15, 0.2) is 48.8 Å². The van der Waals surface area contributed by atoms with Crippen LogP contribution in [0.1, 0.15) is 0 Å². The summed E-state index contributed by atoms with van der Waals surface area (Å²) in [6.45, 7) is 0. The molecule has 0 spiro atoms. The summed E-state index contributed by atoms with van der Waals surface area (Å²) in [7, 11) is 0. The average Bonchev–Trinajstić information content (AvgIpc) is 3.01. The standard InChI is InChI=1S/C15H9F2N5/c16-9-5-6-11(17)13(7-9)20-15-19-12-4-2-1-3-10(12)14-21-18-8-22(14)15/h1-8H,(H,19,20). The molecule has 2 aromatic carbocycles. The molecule has 108 valence electrons. The first kappa shape index (κ1) is 12.6. The Bertz CT molecular complexity index is 996. The Labute approximate surface area is 123 Å². The van der Waals surface area contributed by atoms with Gasteiger partial charge in [-0.3, -0.25) is 4.40 Å². The van der Waals surface area contributed by atoms with Crippen molar-refractivity contribution in [1.82, 2.24) is 19.6 Å². The second-order valence-corrected chi connectivity index (χ2v) is 4.73. The number of para-hydroxylation sites is 1. The molecule has 0 bridgehead atoms. The molecule has 22 heavy (non-hydrogen) atoms. The quantitative estimate of drug-likeness (QED) is 0.617. The van der Waals surface area contributed by atoms with Crippen LogP contribution in [-0.4, -0.2) is 19.6 Å². The van der Waals surface area contributed by atoms with Gasteiger partial charge >= 0.3 is 0 Å². The van der Waals surface area contributed by atoms with Crippen molar-refractivity contribution in [3.05, 3.63) is 60.4 Å². The van der Waals surface area contributed by atoms with Crippen molar-refractivity contribution in [2.45, 2.75) is 0 Å². The lowest BCUT2D eigenvalue weighted by Gasteiger charge is -2.10. The zero-order chi connectivity index (χ0) is 15.1. The Balaban J connectivity index is 1.93. The van der Waals surface area contributed by atoms with Crippen LogP contribution in [0.25, 0.3) is 16.6 Å². The molecule has 0 saturated heterocycles. The Hall–Kier alpha value is -3.09. The van der Waals surface area contributed by atoms with Crippen LogP contribution in [0.4, 0.5) is 20.4 Å². The Morgan fingerprint density at radius 3 is 2.82 bits per heavy atom. The number of anilines is 2. The van der Waals surface area contributed by atoms with Gasteiger partial charge in [0.2, 0.25) is 5.95 Å². The first-order valence-electron chi connectivity index (χ1n) is 6.53. The van der Waals surface area contributed by atoms with Crippen LogP contribution in [0.5, 0.6) is 0 Å². The third kappa shape index (κ3) is 1.95. The predicted molar refractivity (Wildman–Crippen MR) is 77.9 cm³/mol. The summed E-state index contributed by atoms with van der Waals surface area (Å²) in [6, 6.07) is 10.6. The highest BCUT2D eigenvalue weighted by molar-refractivity contribution is 5.92. The lowest BCUT2D eigenvalue weighted by Crippen LogP contribution is -2.03. The minimum Gasteiger partial charge on any atom is -0.323 e. The minimum absolute atomic E-state index is 0.00205. The van der Waals surface area contributed by atoms with Gasteiger partial charge in [-0.05, 0) is 24.3 Å². The molecule has 4 aromatic rings. The molecule has 5 nitrogen and oxygen atoms in total. The molecule has 0 aliphatic rings. The molecule has 2 heterocycles. The molecule has 4 rings (SSSR count). The van der Waals surface area contributed by atoms with E-state index in [2.05, 4.69) is 20.5 Å². The van der Waals surface area contributed by atoms with Crippen molar-refractivity contribution < 1.29 is 8.78 Å². The average molecular weight is 297 g/mol. The molecular weight excluding hydrogens is 288 g/mol. The number of halogens is 2. The zero-order valence-corrected chi connectivity index (χ0v) is 11.2. The number of fused-ring (bicyclic) bond motifs is 3. The van der Waals surface area contributed by atoms with Gasteiger partial charge in [0, 0.05) is 11.5 Å². The second kappa shape index (κ2) is 4.73. The molecule has 0 atom stereocenters. The van der Waals surface area contributed by atoms with Gasteiger partial charge in [-0.2, -0.15) is 0 Å². The van der Waals surface area contributed by atoms with Gasteiger partial charge in [0.15, 0.2) is 5.65 Å². The Morgan fingerprint density at radius 2 is 1.91 bits per heavy atom. The van der Waals surface area contributed by atoms with Gasteiger partial charge in [0.1, 0.15) is 18.0 Å². The monoisotopic (exact) mass is 297 g/mol. The maximum Gasteiger partial charge on any atom is 0.215 e. The van der Waals surface area contributed by atoms with Gasteiger partial charge in [-0.25, -0.2) is 13.8 Å². The van der Waals surface area contributed by atoms with Crippen LogP contribution in [-0.2, 0) is 0 Å². The van der Waals surface area contributed by atoms with Crippen molar-refractivity contribution in [1.29, 1.82) is 0 Å². The molecule has 0 fully saturated rings. The molecule has 2 aromatic heterocycles. The van der Waals surface area contributed by atoms with Crippen LogP contribution >= 0.6 is 0 Å². The molecule has 0 unspecified atom stereocenters. The summed E-state index contributed by atoms with van der Waals surface area (Å²) in [5.74, 6) is -0.800. The van der Waals surface area contributed by atoms with Crippen molar-refractivity contribution >= 4 is 28.2 Å². The highest BCUT2D eigenvalue weighted by Gasteiger charge is 2.12. The molecule has 0 saturated carbocycles. The van der Waals surface area contributed by atoms with Gasteiger partial charge in [0.05, 0.1) is 11.2 Å². The van der Waals surface area contributed by atoms with Crippen LogP contribution in [0, 0.1) is 11.6 Å². The second-order valence-electron chi connectivity index (χ2n) is 4.73. The third-order valence-corrected chi connectivity index (χ3v) is 3.32. The van der Waals surface area contributed by atoms with Crippen molar-refractivity contribution in [3.8, 4) is 0 Å². The van der Waals surface area contributed by atoms with E-state index < -0.39 is 11.6 Å². The lowest BCUT2D eigenvalue weighted by molar-refractivity contribution is 0.603. The van der Waals surface area contributed by atoms with E-state index in [1.165, 1.54) is 6.33 Å². The van der Waals surface area contributed by atoms with Crippen LogP contribution in [0.2, 0.25) is 0 Å². The lowest BCUT2D eigenvalue weighted by atomic mass is 10.2. The van der Waals surface area contributed by atoms with Crippen LogP contribution in [0.3, 0.4) is 0 Å². The topological polar surface area (TPSA) is 55.1 Å². The van der Waals surface area contributed by atoms with E-state index in [1.807, 2.05) is 24.3 Å². The van der Waals surface area contributed by atoms with E-state index in [9.17, 15) is 8.78 Å². The van der Waals surface area contributed by atoms with Gasteiger partial charge < -0.3 is 5.32 Å². The number of aromatic nitrogens is 4. The number of nitrogens with one attached hydrogen (secondary N) is 1.